The normalized spacial score (nSPS) is 26.6. The largest absolute Gasteiger partial charge is 0.330 e. The number of nitro groups is 1. The van der Waals surface area contributed by atoms with Crippen LogP contribution in [0.3, 0.4) is 0 Å². The zero-order chi connectivity index (χ0) is 12.0. The summed E-state index contributed by atoms with van der Waals surface area (Å²) in [4.78, 5) is 17.8. The summed E-state index contributed by atoms with van der Waals surface area (Å²) in [6, 6.07) is 0. The standard InChI is InChI=1S/C9H10ClN5O2/c10-9-11-2-7(15(16)17)8(12-9)13-14-3-5-1-6(5)4-14/h2,5-6H,1,3-4H2,(H,11,12,13). The molecule has 1 saturated heterocycles. The van der Waals surface area contributed by atoms with Gasteiger partial charge in [0, 0.05) is 13.1 Å². The number of anilines is 1. The first-order valence-electron chi connectivity index (χ1n) is 5.32. The lowest BCUT2D eigenvalue weighted by Crippen LogP contribution is -2.30. The van der Waals surface area contributed by atoms with Crippen LogP contribution in [0.25, 0.3) is 0 Å². The highest BCUT2D eigenvalue weighted by molar-refractivity contribution is 6.28. The van der Waals surface area contributed by atoms with Crippen LogP contribution in [-0.2, 0) is 0 Å². The van der Waals surface area contributed by atoms with Gasteiger partial charge in [0.15, 0.2) is 0 Å². The number of nitrogens with zero attached hydrogens (tertiary/aromatic N) is 4. The third kappa shape index (κ3) is 2.03. The number of nitrogens with one attached hydrogen (secondary N) is 1. The number of hydrazine groups is 1. The maximum Gasteiger partial charge on any atom is 0.330 e. The van der Waals surface area contributed by atoms with Gasteiger partial charge in [-0.05, 0) is 29.9 Å². The lowest BCUT2D eigenvalue weighted by Gasteiger charge is -2.18. The molecule has 17 heavy (non-hydrogen) atoms. The van der Waals surface area contributed by atoms with Gasteiger partial charge in [0.05, 0.1) is 4.92 Å². The third-order valence-electron chi connectivity index (χ3n) is 3.18. The van der Waals surface area contributed by atoms with E-state index in [-0.39, 0.29) is 16.8 Å². The van der Waals surface area contributed by atoms with E-state index in [1.54, 1.807) is 0 Å². The van der Waals surface area contributed by atoms with Gasteiger partial charge < -0.3 is 0 Å². The highest BCUT2D eigenvalue weighted by Gasteiger charge is 2.45. The van der Waals surface area contributed by atoms with Crippen molar-refractivity contribution in [3.8, 4) is 0 Å². The van der Waals surface area contributed by atoms with Crippen molar-refractivity contribution in [1.82, 2.24) is 15.0 Å². The molecule has 1 aliphatic carbocycles. The highest BCUT2D eigenvalue weighted by atomic mass is 35.5. The average Bonchev–Trinajstić information content (AvgIpc) is 2.86. The Labute approximate surface area is 102 Å². The van der Waals surface area contributed by atoms with E-state index in [0.29, 0.717) is 0 Å². The molecule has 2 fully saturated rings. The molecule has 0 spiro atoms. The van der Waals surface area contributed by atoms with Gasteiger partial charge in [0.2, 0.25) is 11.1 Å². The van der Waals surface area contributed by atoms with Gasteiger partial charge in [0.1, 0.15) is 6.20 Å². The molecule has 2 unspecified atom stereocenters. The molecule has 3 rings (SSSR count). The van der Waals surface area contributed by atoms with Crippen LogP contribution < -0.4 is 5.43 Å². The van der Waals surface area contributed by atoms with Crippen LogP contribution in [0.2, 0.25) is 5.28 Å². The second-order valence-electron chi connectivity index (χ2n) is 4.40. The zero-order valence-corrected chi connectivity index (χ0v) is 9.59. The molecule has 2 atom stereocenters. The molecule has 0 bridgehead atoms. The predicted octanol–water partition coefficient (Wildman–Crippen LogP) is 1.32. The first kappa shape index (κ1) is 10.7. The zero-order valence-electron chi connectivity index (χ0n) is 8.84. The fourth-order valence-electron chi connectivity index (χ4n) is 2.21. The van der Waals surface area contributed by atoms with Gasteiger partial charge in [-0.1, -0.05) is 0 Å². The molecular formula is C9H10ClN5O2. The number of hydrogen-bond acceptors (Lipinski definition) is 6. The summed E-state index contributed by atoms with van der Waals surface area (Å²) in [7, 11) is 0. The fourth-order valence-corrected chi connectivity index (χ4v) is 2.34. The Bertz CT molecular complexity index is 472. The Kier molecular flexibility index (Phi) is 2.37. The lowest BCUT2D eigenvalue weighted by atomic mass is 10.4. The van der Waals surface area contributed by atoms with Crippen molar-refractivity contribution in [2.45, 2.75) is 6.42 Å². The summed E-state index contributed by atoms with van der Waals surface area (Å²) in [6.07, 6.45) is 2.39. The van der Waals surface area contributed by atoms with Gasteiger partial charge in [-0.3, -0.25) is 15.5 Å². The molecule has 0 amide bonds. The molecule has 8 heteroatoms. The van der Waals surface area contributed by atoms with E-state index in [1.165, 1.54) is 6.42 Å². The van der Waals surface area contributed by atoms with Gasteiger partial charge in [-0.15, -0.1) is 0 Å². The number of rotatable bonds is 3. The van der Waals surface area contributed by atoms with Gasteiger partial charge in [-0.2, -0.15) is 4.98 Å². The third-order valence-corrected chi connectivity index (χ3v) is 3.36. The van der Waals surface area contributed by atoms with Crippen molar-refractivity contribution in [2.75, 3.05) is 18.5 Å². The Hall–Kier alpha value is -1.47. The van der Waals surface area contributed by atoms with Crippen LogP contribution in [0, 0.1) is 22.0 Å². The van der Waals surface area contributed by atoms with Crippen molar-refractivity contribution >= 4 is 23.1 Å². The van der Waals surface area contributed by atoms with E-state index in [9.17, 15) is 10.1 Å². The Morgan fingerprint density at radius 2 is 2.24 bits per heavy atom. The van der Waals surface area contributed by atoms with Crippen LogP contribution >= 0.6 is 11.6 Å². The molecule has 7 nitrogen and oxygen atoms in total. The summed E-state index contributed by atoms with van der Waals surface area (Å²) in [6.45, 7) is 1.81. The van der Waals surface area contributed by atoms with Crippen LogP contribution in [-0.4, -0.2) is 33.0 Å². The maximum atomic E-state index is 10.8. The Morgan fingerprint density at radius 1 is 1.53 bits per heavy atom. The molecular weight excluding hydrogens is 246 g/mol. The summed E-state index contributed by atoms with van der Waals surface area (Å²) < 4.78 is 0. The Balaban J connectivity index is 1.80. The topological polar surface area (TPSA) is 84.2 Å². The van der Waals surface area contributed by atoms with Gasteiger partial charge in [-0.25, -0.2) is 9.99 Å². The second kappa shape index (κ2) is 3.78. The molecule has 0 aromatic carbocycles. The molecule has 1 saturated carbocycles. The minimum Gasteiger partial charge on any atom is -0.297 e. The van der Waals surface area contributed by atoms with E-state index in [2.05, 4.69) is 15.4 Å². The van der Waals surface area contributed by atoms with Crippen LogP contribution in [0.15, 0.2) is 6.20 Å². The van der Waals surface area contributed by atoms with Crippen molar-refractivity contribution in [3.05, 3.63) is 21.6 Å². The molecule has 0 radical (unpaired) electrons. The smallest absolute Gasteiger partial charge is 0.297 e. The van der Waals surface area contributed by atoms with Crippen molar-refractivity contribution in [3.63, 3.8) is 0 Å². The number of piperidine rings is 1. The first-order valence-corrected chi connectivity index (χ1v) is 5.70. The van der Waals surface area contributed by atoms with Crippen molar-refractivity contribution in [2.24, 2.45) is 11.8 Å². The van der Waals surface area contributed by atoms with E-state index in [4.69, 9.17) is 11.6 Å². The summed E-state index contributed by atoms with van der Waals surface area (Å²) in [5, 5.41) is 12.8. The maximum absolute atomic E-state index is 10.8. The van der Waals surface area contributed by atoms with E-state index in [0.717, 1.165) is 31.1 Å². The number of aromatic nitrogens is 2. The van der Waals surface area contributed by atoms with Crippen LogP contribution in [0.5, 0.6) is 0 Å². The fraction of sp³-hybridized carbons (Fsp3) is 0.556. The minimum atomic E-state index is -0.518. The molecule has 2 aliphatic rings. The van der Waals surface area contributed by atoms with Gasteiger partial charge in [0.25, 0.3) is 0 Å². The summed E-state index contributed by atoms with van der Waals surface area (Å²) in [5.74, 6) is 1.63. The minimum absolute atomic E-state index is 0.00227. The lowest BCUT2D eigenvalue weighted by molar-refractivity contribution is -0.384. The quantitative estimate of drug-likeness (QED) is 0.498. The average molecular weight is 256 g/mol. The second-order valence-corrected chi connectivity index (χ2v) is 4.74. The van der Waals surface area contributed by atoms with Crippen LogP contribution in [0.4, 0.5) is 11.5 Å². The summed E-state index contributed by atoms with van der Waals surface area (Å²) in [5.41, 5.74) is 2.79. The SMILES string of the molecule is O=[N+]([O-])c1cnc(Cl)nc1NN1CC2CC2C1. The molecule has 1 aromatic heterocycles. The first-order chi connectivity index (χ1) is 8.13. The predicted molar refractivity (Wildman–Crippen MR) is 60.5 cm³/mol. The van der Waals surface area contributed by atoms with E-state index < -0.39 is 4.92 Å². The molecule has 1 aliphatic heterocycles. The molecule has 2 heterocycles. The molecule has 90 valence electrons. The highest BCUT2D eigenvalue weighted by Crippen LogP contribution is 2.44. The molecule has 1 aromatic rings. The number of hydrogen-bond donors (Lipinski definition) is 1. The van der Waals surface area contributed by atoms with Gasteiger partial charge >= 0.3 is 5.69 Å². The van der Waals surface area contributed by atoms with Crippen LogP contribution in [0.1, 0.15) is 6.42 Å². The van der Waals surface area contributed by atoms with E-state index in [1.807, 2.05) is 5.01 Å². The number of fused-ring (bicyclic) bond motifs is 1. The van der Waals surface area contributed by atoms with Crippen molar-refractivity contribution < 1.29 is 4.92 Å². The monoisotopic (exact) mass is 255 g/mol. The van der Waals surface area contributed by atoms with Crippen molar-refractivity contribution in [1.29, 1.82) is 0 Å². The summed E-state index contributed by atoms with van der Waals surface area (Å²) >= 11 is 5.64. The van der Waals surface area contributed by atoms with E-state index >= 15 is 0 Å². The molecule has 1 N–H and O–H groups in total. The number of halogens is 1. The Morgan fingerprint density at radius 3 is 2.88 bits per heavy atom.